The van der Waals surface area contributed by atoms with Crippen molar-refractivity contribution >= 4 is 23.2 Å². The summed E-state index contributed by atoms with van der Waals surface area (Å²) in [6, 6.07) is 0. The maximum atomic E-state index is 12.3. The summed E-state index contributed by atoms with van der Waals surface area (Å²) in [4.78, 5) is 0. The highest BCUT2D eigenvalue weighted by atomic mass is 35.5. The van der Waals surface area contributed by atoms with Gasteiger partial charge in [-0.15, -0.1) is 0 Å². The Balaban J connectivity index is 0.00000144. The monoisotopic (exact) mass is 233 g/mol. The molecule has 0 N–H and O–H groups in total. The molecular formula is C4HCl2F6+. The third-order valence-electron chi connectivity index (χ3n) is 1.58. The Morgan fingerprint density at radius 2 is 0.833 bits per heavy atom. The smallest absolute Gasteiger partial charge is 0.214 e. The SMILES string of the molecule is FC1(F)C(F)(F)C(F)(Cl)C1(F)Cl.[H+]. The molecule has 0 radical (unpaired) electrons. The lowest BCUT2D eigenvalue weighted by Gasteiger charge is -2.51. The summed E-state index contributed by atoms with van der Waals surface area (Å²) in [7, 11) is 0. The fraction of sp³-hybridized carbons (Fsp3) is 1.00. The first-order chi connectivity index (χ1) is 5.00. The summed E-state index contributed by atoms with van der Waals surface area (Å²) in [5.41, 5.74) is 0. The van der Waals surface area contributed by atoms with E-state index in [-0.39, 0.29) is 1.43 Å². The predicted octanol–water partition coefficient (Wildman–Crippen LogP) is 3.19. The molecular weight excluding hydrogens is 233 g/mol. The van der Waals surface area contributed by atoms with Gasteiger partial charge in [0.1, 0.15) is 0 Å². The second-order valence-electron chi connectivity index (χ2n) is 2.30. The van der Waals surface area contributed by atoms with Crippen LogP contribution in [0.25, 0.3) is 0 Å². The molecule has 0 aliphatic heterocycles. The maximum Gasteiger partial charge on any atom is 1.00 e. The van der Waals surface area contributed by atoms with Crippen molar-refractivity contribution in [2.45, 2.75) is 22.1 Å². The van der Waals surface area contributed by atoms with Crippen molar-refractivity contribution < 1.29 is 27.8 Å². The van der Waals surface area contributed by atoms with Crippen LogP contribution in [0.3, 0.4) is 0 Å². The van der Waals surface area contributed by atoms with Gasteiger partial charge in [0.2, 0.25) is 0 Å². The van der Waals surface area contributed by atoms with Crippen LogP contribution in [0.15, 0.2) is 0 Å². The molecule has 1 rings (SSSR count). The molecule has 0 saturated heterocycles. The zero-order valence-electron chi connectivity index (χ0n) is 6.02. The summed E-state index contributed by atoms with van der Waals surface area (Å²) < 4.78 is 72.6. The summed E-state index contributed by atoms with van der Waals surface area (Å²) in [6.07, 6.45) is 0. The van der Waals surface area contributed by atoms with E-state index >= 15 is 0 Å². The van der Waals surface area contributed by atoms with Crippen molar-refractivity contribution in [1.82, 2.24) is 0 Å². The van der Waals surface area contributed by atoms with Gasteiger partial charge in [-0.2, -0.15) is 17.6 Å². The molecule has 0 aromatic heterocycles. The molecule has 0 spiro atoms. The molecule has 0 bridgehead atoms. The van der Waals surface area contributed by atoms with Crippen LogP contribution in [-0.2, 0) is 0 Å². The molecule has 72 valence electrons. The van der Waals surface area contributed by atoms with Gasteiger partial charge < -0.3 is 0 Å². The van der Waals surface area contributed by atoms with Gasteiger partial charge in [-0.1, -0.05) is 23.2 Å². The highest BCUT2D eigenvalue weighted by Crippen LogP contribution is 2.71. The molecule has 1 fully saturated rings. The topological polar surface area (TPSA) is 0 Å². The van der Waals surface area contributed by atoms with Crippen molar-refractivity contribution in [1.29, 1.82) is 0 Å². The number of alkyl halides is 8. The predicted molar refractivity (Wildman–Crippen MR) is 30.4 cm³/mol. The third-order valence-corrected chi connectivity index (χ3v) is 2.67. The first-order valence-corrected chi connectivity index (χ1v) is 3.27. The Kier molecular flexibility index (Phi) is 1.68. The third kappa shape index (κ3) is 0.652. The zero-order chi connectivity index (χ0) is 10.0. The molecule has 8 heteroatoms. The van der Waals surface area contributed by atoms with Crippen LogP contribution in [0, 0.1) is 0 Å². The molecule has 0 aromatic carbocycles. The number of hydrogen-bond acceptors (Lipinski definition) is 0. The quantitative estimate of drug-likeness (QED) is 0.446. The highest BCUT2D eigenvalue weighted by molar-refractivity contribution is 6.36. The fourth-order valence-corrected chi connectivity index (χ4v) is 1.20. The van der Waals surface area contributed by atoms with Crippen molar-refractivity contribution in [3.8, 4) is 0 Å². The van der Waals surface area contributed by atoms with Gasteiger partial charge in [0.05, 0.1) is 0 Å². The van der Waals surface area contributed by atoms with Crippen LogP contribution in [-0.4, -0.2) is 22.1 Å². The molecule has 2 atom stereocenters. The number of hydrogen-bond donors (Lipinski definition) is 0. The molecule has 1 saturated carbocycles. The summed E-state index contributed by atoms with van der Waals surface area (Å²) in [5, 5.41) is -9.13. The molecule has 1 aliphatic carbocycles. The molecule has 0 amide bonds. The van der Waals surface area contributed by atoms with Gasteiger partial charge in [-0.05, 0) is 0 Å². The van der Waals surface area contributed by atoms with Crippen molar-refractivity contribution in [2.24, 2.45) is 0 Å². The second-order valence-corrected chi connectivity index (χ2v) is 3.34. The Labute approximate surface area is 73.9 Å². The Morgan fingerprint density at radius 1 is 0.667 bits per heavy atom. The lowest BCUT2D eigenvalue weighted by Crippen LogP contribution is -2.81. The van der Waals surface area contributed by atoms with E-state index in [4.69, 9.17) is 0 Å². The van der Waals surface area contributed by atoms with Crippen LogP contribution in [0.4, 0.5) is 26.3 Å². The maximum absolute atomic E-state index is 12.3. The van der Waals surface area contributed by atoms with Gasteiger partial charge in [0.15, 0.2) is 0 Å². The Bertz CT molecular complexity index is 163. The highest BCUT2D eigenvalue weighted by Gasteiger charge is 2.98. The first kappa shape index (κ1) is 10.2. The Morgan fingerprint density at radius 3 is 0.917 bits per heavy atom. The largest absolute Gasteiger partial charge is 1.00 e. The van der Waals surface area contributed by atoms with E-state index in [1.165, 1.54) is 0 Å². The van der Waals surface area contributed by atoms with Crippen LogP contribution < -0.4 is 0 Å². The fourth-order valence-electron chi connectivity index (χ4n) is 0.726. The van der Waals surface area contributed by atoms with Crippen LogP contribution in [0.2, 0.25) is 0 Å². The molecule has 0 heterocycles. The Hall–Kier alpha value is 0.160. The number of halogens is 8. The minimum Gasteiger partial charge on any atom is -0.214 e. The van der Waals surface area contributed by atoms with Crippen molar-refractivity contribution in [2.75, 3.05) is 0 Å². The first-order valence-electron chi connectivity index (χ1n) is 2.51. The van der Waals surface area contributed by atoms with Gasteiger partial charge in [0.25, 0.3) is 0 Å². The zero-order valence-corrected chi connectivity index (χ0v) is 6.54. The average Bonchev–Trinajstić information content (AvgIpc) is 1.84. The van der Waals surface area contributed by atoms with Gasteiger partial charge >= 0.3 is 23.5 Å². The van der Waals surface area contributed by atoms with E-state index in [1.807, 2.05) is 0 Å². The molecule has 12 heavy (non-hydrogen) atoms. The van der Waals surface area contributed by atoms with E-state index < -0.39 is 22.1 Å². The summed E-state index contributed by atoms with van der Waals surface area (Å²) >= 11 is 8.34. The summed E-state index contributed by atoms with van der Waals surface area (Å²) in [6.45, 7) is 0. The van der Waals surface area contributed by atoms with E-state index in [9.17, 15) is 26.3 Å². The summed E-state index contributed by atoms with van der Waals surface area (Å²) in [5.74, 6) is -10.6. The second kappa shape index (κ2) is 1.97. The van der Waals surface area contributed by atoms with E-state index in [2.05, 4.69) is 23.2 Å². The van der Waals surface area contributed by atoms with Gasteiger partial charge in [-0.3, -0.25) is 0 Å². The van der Waals surface area contributed by atoms with Crippen molar-refractivity contribution in [3.63, 3.8) is 0 Å². The van der Waals surface area contributed by atoms with Crippen LogP contribution >= 0.6 is 23.2 Å². The minimum atomic E-state index is -5.29. The lowest BCUT2D eigenvalue weighted by molar-refractivity contribution is -0.384. The lowest BCUT2D eigenvalue weighted by atomic mass is 9.83. The molecule has 2 unspecified atom stereocenters. The average molecular weight is 234 g/mol. The van der Waals surface area contributed by atoms with E-state index in [0.717, 1.165) is 0 Å². The minimum absolute atomic E-state index is 0. The molecule has 1 aliphatic rings. The van der Waals surface area contributed by atoms with Crippen LogP contribution in [0.1, 0.15) is 1.43 Å². The molecule has 0 aromatic rings. The van der Waals surface area contributed by atoms with E-state index in [0.29, 0.717) is 0 Å². The van der Waals surface area contributed by atoms with Crippen LogP contribution in [0.5, 0.6) is 0 Å². The van der Waals surface area contributed by atoms with Crippen molar-refractivity contribution in [3.05, 3.63) is 0 Å². The van der Waals surface area contributed by atoms with Gasteiger partial charge in [-0.25, -0.2) is 8.78 Å². The standard InChI is InChI=1S/C4Cl2F6/c5-1(7)2(6,8)4(11,12)3(1,9)10/p+1. The molecule has 0 nitrogen and oxygen atoms in total. The normalized spacial score (nSPS) is 50.0. The number of rotatable bonds is 0. The van der Waals surface area contributed by atoms with Gasteiger partial charge in [0, 0.05) is 0 Å². The van der Waals surface area contributed by atoms with E-state index in [1.54, 1.807) is 0 Å².